The van der Waals surface area contributed by atoms with Crippen LogP contribution < -0.4 is 0 Å². The molecule has 0 heterocycles. The van der Waals surface area contributed by atoms with E-state index in [0.29, 0.717) is 17.1 Å². The molecule has 0 spiro atoms. The first-order chi connectivity index (χ1) is 7.15. The topological polar surface area (TPSA) is 63.4 Å². The fourth-order valence-electron chi connectivity index (χ4n) is 1.00. The first-order valence-corrected chi connectivity index (χ1v) is 5.31. The first-order valence-electron chi connectivity index (χ1n) is 4.32. The van der Waals surface area contributed by atoms with Crippen LogP contribution in [-0.4, -0.2) is 22.4 Å². The predicted octanol–water partition coefficient (Wildman–Crippen LogP) is 2.21. The summed E-state index contributed by atoms with van der Waals surface area (Å²) in [6, 6.07) is 3.48. The van der Waals surface area contributed by atoms with E-state index < -0.39 is 10.7 Å². The smallest absolute Gasteiger partial charge is 0.285 e. The van der Waals surface area contributed by atoms with Crippen molar-refractivity contribution in [3.8, 4) is 0 Å². The van der Waals surface area contributed by atoms with Crippen LogP contribution in [0.4, 0.5) is 10.1 Å². The van der Waals surface area contributed by atoms with Crippen LogP contribution in [0.3, 0.4) is 0 Å². The van der Waals surface area contributed by atoms with Crippen molar-refractivity contribution in [1.29, 1.82) is 0 Å². The Morgan fingerprint density at radius 3 is 2.87 bits per heavy atom. The third-order valence-electron chi connectivity index (χ3n) is 1.68. The second-order valence-corrected chi connectivity index (χ2v) is 3.93. The zero-order chi connectivity index (χ0) is 11.3. The van der Waals surface area contributed by atoms with Gasteiger partial charge in [0.25, 0.3) is 5.69 Å². The Hall–Kier alpha value is -1.14. The highest BCUT2D eigenvalue weighted by Crippen LogP contribution is 2.29. The molecule has 6 heteroatoms. The molecule has 82 valence electrons. The molecule has 1 aromatic rings. The Kier molecular flexibility index (Phi) is 4.51. The maximum atomic E-state index is 12.7. The Morgan fingerprint density at radius 2 is 2.27 bits per heavy atom. The average Bonchev–Trinajstić information content (AvgIpc) is 2.20. The number of thioether (sulfide) groups is 1. The number of aliphatic hydroxyl groups excluding tert-OH is 1. The predicted molar refractivity (Wildman–Crippen MR) is 55.5 cm³/mol. The molecule has 0 aromatic heterocycles. The van der Waals surface area contributed by atoms with Gasteiger partial charge in [-0.25, -0.2) is 4.39 Å². The Morgan fingerprint density at radius 1 is 1.53 bits per heavy atom. The summed E-state index contributed by atoms with van der Waals surface area (Å²) in [5.41, 5.74) is -0.224. The standard InChI is InChI=1S/C9H10FNO3S/c10-7-2-3-9(15-5-1-4-12)8(6-7)11(13)14/h2-3,6,12H,1,4-5H2. The zero-order valence-corrected chi connectivity index (χ0v) is 8.67. The Bertz CT molecular complexity index is 359. The average molecular weight is 231 g/mol. The number of hydrogen-bond acceptors (Lipinski definition) is 4. The van der Waals surface area contributed by atoms with Crippen molar-refractivity contribution in [2.24, 2.45) is 0 Å². The molecular formula is C9H10FNO3S. The van der Waals surface area contributed by atoms with Gasteiger partial charge in [0, 0.05) is 12.4 Å². The molecule has 4 nitrogen and oxygen atoms in total. The van der Waals surface area contributed by atoms with E-state index in [0.717, 1.165) is 6.07 Å². The number of nitro benzene ring substituents is 1. The lowest BCUT2D eigenvalue weighted by Crippen LogP contribution is -1.93. The van der Waals surface area contributed by atoms with Gasteiger partial charge in [-0.05, 0) is 18.6 Å². The molecule has 1 N–H and O–H groups in total. The summed E-state index contributed by atoms with van der Waals surface area (Å²) >= 11 is 1.24. The van der Waals surface area contributed by atoms with Gasteiger partial charge in [-0.2, -0.15) is 0 Å². The number of nitro groups is 1. The molecule has 0 saturated carbocycles. The first kappa shape index (κ1) is 11.9. The van der Waals surface area contributed by atoms with Gasteiger partial charge in [0.15, 0.2) is 0 Å². The normalized spacial score (nSPS) is 10.3. The van der Waals surface area contributed by atoms with Crippen LogP contribution in [-0.2, 0) is 0 Å². The molecule has 0 radical (unpaired) electrons. The van der Waals surface area contributed by atoms with Crippen molar-refractivity contribution in [2.75, 3.05) is 12.4 Å². The SMILES string of the molecule is O=[N+]([O-])c1cc(F)ccc1SCCCO. The van der Waals surface area contributed by atoms with Gasteiger partial charge in [-0.3, -0.25) is 10.1 Å². The van der Waals surface area contributed by atoms with Crippen molar-refractivity contribution in [1.82, 2.24) is 0 Å². The van der Waals surface area contributed by atoms with E-state index in [1.807, 2.05) is 0 Å². The number of halogens is 1. The van der Waals surface area contributed by atoms with Crippen LogP contribution in [0, 0.1) is 15.9 Å². The fourth-order valence-corrected chi connectivity index (χ4v) is 1.94. The van der Waals surface area contributed by atoms with E-state index in [4.69, 9.17) is 5.11 Å². The minimum atomic E-state index is -0.617. The van der Waals surface area contributed by atoms with Crippen molar-refractivity contribution in [3.63, 3.8) is 0 Å². The molecule has 0 bridgehead atoms. The summed E-state index contributed by atoms with van der Waals surface area (Å²) < 4.78 is 12.7. The lowest BCUT2D eigenvalue weighted by molar-refractivity contribution is -0.387. The van der Waals surface area contributed by atoms with Crippen molar-refractivity contribution >= 4 is 17.4 Å². The van der Waals surface area contributed by atoms with Crippen LogP contribution in [0.1, 0.15) is 6.42 Å². The molecule has 1 aromatic carbocycles. The van der Waals surface area contributed by atoms with E-state index in [1.165, 1.54) is 23.9 Å². The van der Waals surface area contributed by atoms with Gasteiger partial charge in [-0.15, -0.1) is 11.8 Å². The van der Waals surface area contributed by atoms with Crippen LogP contribution in [0.25, 0.3) is 0 Å². The number of benzene rings is 1. The third kappa shape index (κ3) is 3.49. The molecule has 0 amide bonds. The second kappa shape index (κ2) is 5.67. The van der Waals surface area contributed by atoms with Crippen LogP contribution >= 0.6 is 11.8 Å². The lowest BCUT2D eigenvalue weighted by atomic mass is 10.3. The van der Waals surface area contributed by atoms with Crippen LogP contribution in [0.2, 0.25) is 0 Å². The molecule has 0 aliphatic carbocycles. The van der Waals surface area contributed by atoms with Gasteiger partial charge < -0.3 is 5.11 Å². The highest BCUT2D eigenvalue weighted by Gasteiger charge is 2.14. The summed E-state index contributed by atoms with van der Waals surface area (Å²) in [7, 11) is 0. The van der Waals surface area contributed by atoms with Gasteiger partial charge in [0.1, 0.15) is 5.82 Å². The molecule has 0 aliphatic rings. The largest absolute Gasteiger partial charge is 0.396 e. The van der Waals surface area contributed by atoms with E-state index in [2.05, 4.69) is 0 Å². The quantitative estimate of drug-likeness (QED) is 0.365. The summed E-state index contributed by atoms with van der Waals surface area (Å²) in [5.74, 6) is -0.0450. The molecule has 0 saturated heterocycles. The zero-order valence-electron chi connectivity index (χ0n) is 7.85. The third-order valence-corrected chi connectivity index (χ3v) is 2.83. The maximum absolute atomic E-state index is 12.7. The van der Waals surface area contributed by atoms with Crippen molar-refractivity contribution in [3.05, 3.63) is 34.1 Å². The lowest BCUT2D eigenvalue weighted by Gasteiger charge is -2.01. The van der Waals surface area contributed by atoms with Gasteiger partial charge in [-0.1, -0.05) is 0 Å². The molecule has 15 heavy (non-hydrogen) atoms. The van der Waals surface area contributed by atoms with Gasteiger partial charge >= 0.3 is 0 Å². The van der Waals surface area contributed by atoms with Crippen LogP contribution in [0.5, 0.6) is 0 Å². The van der Waals surface area contributed by atoms with E-state index >= 15 is 0 Å². The minimum Gasteiger partial charge on any atom is -0.396 e. The number of nitrogens with zero attached hydrogens (tertiary/aromatic N) is 1. The second-order valence-electron chi connectivity index (χ2n) is 2.79. The van der Waals surface area contributed by atoms with Crippen LogP contribution in [0.15, 0.2) is 23.1 Å². The Balaban J connectivity index is 2.81. The highest BCUT2D eigenvalue weighted by atomic mass is 32.2. The summed E-state index contributed by atoms with van der Waals surface area (Å²) in [5, 5.41) is 19.1. The molecule has 0 aliphatic heterocycles. The summed E-state index contributed by atoms with van der Waals surface area (Å²) in [4.78, 5) is 10.4. The highest BCUT2D eigenvalue weighted by molar-refractivity contribution is 7.99. The van der Waals surface area contributed by atoms with E-state index in [9.17, 15) is 14.5 Å². The number of aliphatic hydroxyl groups is 1. The molecular weight excluding hydrogens is 221 g/mol. The number of rotatable bonds is 5. The maximum Gasteiger partial charge on any atom is 0.285 e. The van der Waals surface area contributed by atoms with E-state index in [-0.39, 0.29) is 12.3 Å². The monoisotopic (exact) mass is 231 g/mol. The minimum absolute atomic E-state index is 0.0436. The fraction of sp³-hybridized carbons (Fsp3) is 0.333. The van der Waals surface area contributed by atoms with Gasteiger partial charge in [0.2, 0.25) is 0 Å². The van der Waals surface area contributed by atoms with E-state index in [1.54, 1.807) is 0 Å². The van der Waals surface area contributed by atoms with Crippen molar-refractivity contribution in [2.45, 2.75) is 11.3 Å². The van der Waals surface area contributed by atoms with Gasteiger partial charge in [0.05, 0.1) is 15.9 Å². The molecule has 0 fully saturated rings. The molecule has 0 atom stereocenters. The van der Waals surface area contributed by atoms with Crippen molar-refractivity contribution < 1.29 is 14.4 Å². The number of hydrogen-bond donors (Lipinski definition) is 1. The summed E-state index contributed by atoms with van der Waals surface area (Å²) in [6.45, 7) is 0.0436. The Labute approximate surface area is 90.3 Å². The molecule has 0 unspecified atom stereocenters. The summed E-state index contributed by atoms with van der Waals surface area (Å²) in [6.07, 6.45) is 0.555. The molecule has 1 rings (SSSR count).